The number of para-hydroxylation sites is 2. The molecule has 0 aliphatic carbocycles. The highest BCUT2D eigenvalue weighted by Crippen LogP contribution is 2.28. The lowest BCUT2D eigenvalue weighted by atomic mass is 10.1. The van der Waals surface area contributed by atoms with Crippen molar-refractivity contribution in [1.82, 2.24) is 9.88 Å². The number of hydrogen-bond donors (Lipinski definition) is 0. The van der Waals surface area contributed by atoms with Gasteiger partial charge in [-0.15, -0.1) is 0 Å². The van der Waals surface area contributed by atoms with Crippen LogP contribution in [-0.2, 0) is 17.8 Å². The maximum absolute atomic E-state index is 6.66. The summed E-state index contributed by atoms with van der Waals surface area (Å²) in [6.07, 6.45) is 0. The fraction of sp³-hybridized carbons (Fsp3) is 0.348. The molecule has 1 aromatic heterocycles. The summed E-state index contributed by atoms with van der Waals surface area (Å²) in [6, 6.07) is 16.8. The first-order chi connectivity index (χ1) is 13.6. The van der Waals surface area contributed by atoms with Crippen molar-refractivity contribution in [3.8, 4) is 0 Å². The van der Waals surface area contributed by atoms with Crippen LogP contribution in [0.15, 0.2) is 48.5 Å². The van der Waals surface area contributed by atoms with Gasteiger partial charge in [-0.05, 0) is 37.2 Å². The molecular weight excluding hydrogens is 370 g/mol. The summed E-state index contributed by atoms with van der Waals surface area (Å²) in [4.78, 5) is 9.52. The molecule has 0 amide bonds. The largest absolute Gasteiger partial charge is 0.378 e. The smallest absolute Gasteiger partial charge is 0.0740 e. The Morgan fingerprint density at radius 2 is 1.75 bits per heavy atom. The Labute approximate surface area is 171 Å². The molecule has 4 nitrogen and oxygen atoms in total. The van der Waals surface area contributed by atoms with Gasteiger partial charge >= 0.3 is 0 Å². The zero-order valence-corrected chi connectivity index (χ0v) is 17.2. The van der Waals surface area contributed by atoms with Crippen LogP contribution in [-0.4, -0.2) is 43.2 Å². The van der Waals surface area contributed by atoms with E-state index in [1.165, 1.54) is 11.3 Å². The standard InChI is InChI=1S/C23H26ClN3O/c1-17-19-8-4-5-9-20(19)25-21(23(17)24)16-26(2)15-18-7-3-6-10-22(18)27-11-13-28-14-12-27/h3-10H,11-16H2,1-2H3. The second kappa shape index (κ2) is 8.48. The molecule has 3 aromatic rings. The van der Waals surface area contributed by atoms with E-state index in [2.05, 4.69) is 60.2 Å². The van der Waals surface area contributed by atoms with Crippen molar-refractivity contribution in [2.75, 3.05) is 38.3 Å². The topological polar surface area (TPSA) is 28.6 Å². The maximum Gasteiger partial charge on any atom is 0.0740 e. The third-order valence-electron chi connectivity index (χ3n) is 5.35. The second-order valence-electron chi connectivity index (χ2n) is 7.42. The fourth-order valence-corrected chi connectivity index (χ4v) is 4.09. The normalized spacial score (nSPS) is 14.8. The molecule has 1 aliphatic heterocycles. The molecule has 4 rings (SSSR count). The number of pyridine rings is 1. The van der Waals surface area contributed by atoms with E-state index in [1.54, 1.807) is 0 Å². The number of aromatic nitrogens is 1. The number of benzene rings is 2. The molecule has 1 fully saturated rings. The number of rotatable bonds is 5. The van der Waals surface area contributed by atoms with E-state index in [4.69, 9.17) is 21.3 Å². The van der Waals surface area contributed by atoms with Crippen LogP contribution in [0.1, 0.15) is 16.8 Å². The van der Waals surface area contributed by atoms with Gasteiger partial charge in [0.15, 0.2) is 0 Å². The van der Waals surface area contributed by atoms with Gasteiger partial charge in [0.25, 0.3) is 0 Å². The fourth-order valence-electron chi connectivity index (χ4n) is 3.88. The molecular formula is C23H26ClN3O. The van der Waals surface area contributed by atoms with Crippen molar-refractivity contribution in [1.29, 1.82) is 0 Å². The van der Waals surface area contributed by atoms with Crippen LogP contribution in [0.25, 0.3) is 10.9 Å². The van der Waals surface area contributed by atoms with Gasteiger partial charge in [-0.25, -0.2) is 4.98 Å². The first-order valence-corrected chi connectivity index (χ1v) is 10.1. The molecule has 0 N–H and O–H groups in total. The Hall–Kier alpha value is -2.14. The van der Waals surface area contributed by atoms with E-state index >= 15 is 0 Å². The summed E-state index contributed by atoms with van der Waals surface area (Å²) in [6.45, 7) is 7.10. The summed E-state index contributed by atoms with van der Waals surface area (Å²) in [5.41, 5.74) is 5.65. The summed E-state index contributed by atoms with van der Waals surface area (Å²) >= 11 is 6.66. The molecule has 2 heterocycles. The maximum atomic E-state index is 6.66. The quantitative estimate of drug-likeness (QED) is 0.628. The van der Waals surface area contributed by atoms with Gasteiger partial charge in [0.05, 0.1) is 29.4 Å². The third-order valence-corrected chi connectivity index (χ3v) is 5.85. The minimum absolute atomic E-state index is 0.710. The number of ether oxygens (including phenoxy) is 1. The Balaban J connectivity index is 1.55. The van der Waals surface area contributed by atoms with E-state index in [0.717, 1.165) is 60.0 Å². The van der Waals surface area contributed by atoms with Crippen LogP contribution in [0.2, 0.25) is 5.02 Å². The number of fused-ring (bicyclic) bond motifs is 1. The van der Waals surface area contributed by atoms with Gasteiger partial charge in [-0.1, -0.05) is 48.0 Å². The molecule has 1 aliphatic rings. The lowest BCUT2D eigenvalue weighted by Gasteiger charge is -2.31. The van der Waals surface area contributed by atoms with Gasteiger partial charge in [0.2, 0.25) is 0 Å². The monoisotopic (exact) mass is 395 g/mol. The Bertz CT molecular complexity index is 969. The van der Waals surface area contributed by atoms with Crippen LogP contribution >= 0.6 is 11.6 Å². The molecule has 146 valence electrons. The second-order valence-corrected chi connectivity index (χ2v) is 7.79. The first-order valence-electron chi connectivity index (χ1n) is 9.76. The number of anilines is 1. The zero-order valence-electron chi connectivity index (χ0n) is 16.5. The van der Waals surface area contributed by atoms with Gasteiger partial charge in [0.1, 0.15) is 0 Å². The average Bonchev–Trinajstić information content (AvgIpc) is 2.73. The predicted molar refractivity (Wildman–Crippen MR) is 116 cm³/mol. The predicted octanol–water partition coefficient (Wildman–Crippen LogP) is 4.67. The number of hydrogen-bond acceptors (Lipinski definition) is 4. The lowest BCUT2D eigenvalue weighted by Crippen LogP contribution is -2.37. The van der Waals surface area contributed by atoms with Crippen LogP contribution in [0.5, 0.6) is 0 Å². The molecule has 2 aromatic carbocycles. The SMILES string of the molecule is Cc1c(Cl)c(CN(C)Cc2ccccc2N2CCOCC2)nc2ccccc12. The van der Waals surface area contributed by atoms with E-state index < -0.39 is 0 Å². The summed E-state index contributed by atoms with van der Waals surface area (Å²) in [5.74, 6) is 0. The summed E-state index contributed by atoms with van der Waals surface area (Å²) in [5, 5.41) is 1.89. The number of nitrogens with zero attached hydrogens (tertiary/aromatic N) is 3. The molecule has 0 unspecified atom stereocenters. The van der Waals surface area contributed by atoms with Gasteiger partial charge in [-0.3, -0.25) is 4.90 Å². The molecule has 0 bridgehead atoms. The van der Waals surface area contributed by atoms with Crippen molar-refractivity contribution >= 4 is 28.2 Å². The first kappa shape index (κ1) is 19.2. The number of aryl methyl sites for hydroxylation is 1. The van der Waals surface area contributed by atoms with Gasteiger partial charge in [-0.2, -0.15) is 0 Å². The highest BCUT2D eigenvalue weighted by molar-refractivity contribution is 6.32. The van der Waals surface area contributed by atoms with E-state index in [9.17, 15) is 0 Å². The summed E-state index contributed by atoms with van der Waals surface area (Å²) in [7, 11) is 2.12. The van der Waals surface area contributed by atoms with Crippen molar-refractivity contribution in [3.05, 3.63) is 70.4 Å². The van der Waals surface area contributed by atoms with Gasteiger partial charge in [0, 0.05) is 37.3 Å². The Morgan fingerprint density at radius 1 is 1.04 bits per heavy atom. The molecule has 1 saturated heterocycles. The summed E-state index contributed by atoms with van der Waals surface area (Å²) < 4.78 is 5.51. The highest BCUT2D eigenvalue weighted by atomic mass is 35.5. The molecule has 0 atom stereocenters. The van der Waals surface area contributed by atoms with Crippen LogP contribution in [0.4, 0.5) is 5.69 Å². The van der Waals surface area contributed by atoms with Crippen LogP contribution in [0, 0.1) is 6.92 Å². The van der Waals surface area contributed by atoms with Crippen molar-refractivity contribution in [3.63, 3.8) is 0 Å². The van der Waals surface area contributed by atoms with E-state index in [0.29, 0.717) is 6.54 Å². The highest BCUT2D eigenvalue weighted by Gasteiger charge is 2.17. The van der Waals surface area contributed by atoms with E-state index in [-0.39, 0.29) is 0 Å². The van der Waals surface area contributed by atoms with Crippen LogP contribution < -0.4 is 4.90 Å². The van der Waals surface area contributed by atoms with Crippen LogP contribution in [0.3, 0.4) is 0 Å². The van der Waals surface area contributed by atoms with Crippen molar-refractivity contribution in [2.24, 2.45) is 0 Å². The zero-order chi connectivity index (χ0) is 19.5. The lowest BCUT2D eigenvalue weighted by molar-refractivity contribution is 0.122. The molecule has 0 radical (unpaired) electrons. The van der Waals surface area contributed by atoms with E-state index in [1.807, 2.05) is 12.1 Å². The molecule has 0 saturated carbocycles. The minimum Gasteiger partial charge on any atom is -0.378 e. The number of morpholine rings is 1. The Morgan fingerprint density at radius 3 is 2.57 bits per heavy atom. The Kier molecular flexibility index (Phi) is 5.81. The number of halogens is 1. The third kappa shape index (κ3) is 4.00. The van der Waals surface area contributed by atoms with Crippen molar-refractivity contribution < 1.29 is 4.74 Å². The average molecular weight is 396 g/mol. The molecule has 28 heavy (non-hydrogen) atoms. The minimum atomic E-state index is 0.710. The molecule has 0 spiro atoms. The molecule has 5 heteroatoms. The van der Waals surface area contributed by atoms with Crippen molar-refractivity contribution in [2.45, 2.75) is 20.0 Å². The van der Waals surface area contributed by atoms with Gasteiger partial charge < -0.3 is 9.64 Å².